The van der Waals surface area contributed by atoms with E-state index in [0.29, 0.717) is 6.04 Å². The normalized spacial score (nSPS) is 39.0. The minimum absolute atomic E-state index is 0.234. The standard InChI is InChI=1S/C13H26N2O2/c1-16-12-8-15(9-13(12)17-2)7-6-10-4-3-5-11(10)14/h10-13H,3-9,14H2,1-2H3. The number of likely N-dealkylation sites (tertiary alicyclic amines) is 1. The minimum Gasteiger partial charge on any atom is -0.377 e. The van der Waals surface area contributed by atoms with Gasteiger partial charge in [0.05, 0.1) is 12.2 Å². The summed E-state index contributed by atoms with van der Waals surface area (Å²) in [5, 5.41) is 0. The second-order valence-corrected chi connectivity index (χ2v) is 5.45. The van der Waals surface area contributed by atoms with Crippen molar-refractivity contribution in [1.82, 2.24) is 4.90 Å². The number of hydrogen-bond acceptors (Lipinski definition) is 4. The predicted octanol–water partition coefficient (Wildman–Crippen LogP) is 0.850. The fourth-order valence-electron chi connectivity index (χ4n) is 3.23. The van der Waals surface area contributed by atoms with Crippen LogP contribution in [0.4, 0.5) is 0 Å². The molecule has 4 atom stereocenters. The Morgan fingerprint density at radius 2 is 1.76 bits per heavy atom. The summed E-state index contributed by atoms with van der Waals surface area (Å²) in [6.07, 6.45) is 5.54. The fourth-order valence-corrected chi connectivity index (χ4v) is 3.23. The van der Waals surface area contributed by atoms with E-state index in [0.717, 1.165) is 25.6 Å². The number of nitrogens with zero attached hydrogens (tertiary/aromatic N) is 1. The number of hydrogen-bond donors (Lipinski definition) is 1. The SMILES string of the molecule is COC1CN(CCC2CCCC2N)CC1OC. The lowest BCUT2D eigenvalue weighted by molar-refractivity contribution is -0.00461. The number of ether oxygens (including phenoxy) is 2. The van der Waals surface area contributed by atoms with Crippen LogP contribution in [-0.4, -0.2) is 57.0 Å². The summed E-state index contributed by atoms with van der Waals surface area (Å²) >= 11 is 0. The van der Waals surface area contributed by atoms with E-state index in [-0.39, 0.29) is 12.2 Å². The maximum absolute atomic E-state index is 6.10. The Morgan fingerprint density at radius 3 is 2.24 bits per heavy atom. The van der Waals surface area contributed by atoms with E-state index >= 15 is 0 Å². The van der Waals surface area contributed by atoms with Gasteiger partial charge in [0.15, 0.2) is 0 Å². The van der Waals surface area contributed by atoms with Crippen LogP contribution in [-0.2, 0) is 9.47 Å². The van der Waals surface area contributed by atoms with E-state index in [9.17, 15) is 0 Å². The average molecular weight is 242 g/mol. The summed E-state index contributed by atoms with van der Waals surface area (Å²) in [5.74, 6) is 0.734. The van der Waals surface area contributed by atoms with Crippen molar-refractivity contribution in [2.24, 2.45) is 11.7 Å². The molecule has 0 aromatic carbocycles. The second-order valence-electron chi connectivity index (χ2n) is 5.45. The van der Waals surface area contributed by atoms with Crippen molar-refractivity contribution in [2.75, 3.05) is 33.9 Å². The lowest BCUT2D eigenvalue weighted by atomic mass is 10.0. The molecule has 1 saturated heterocycles. The van der Waals surface area contributed by atoms with E-state index in [1.165, 1.54) is 25.7 Å². The van der Waals surface area contributed by atoms with Gasteiger partial charge in [-0.2, -0.15) is 0 Å². The zero-order valence-corrected chi connectivity index (χ0v) is 11.1. The molecule has 1 aliphatic heterocycles. The Bertz CT molecular complexity index is 225. The van der Waals surface area contributed by atoms with Crippen LogP contribution in [0.25, 0.3) is 0 Å². The van der Waals surface area contributed by atoms with Crippen molar-refractivity contribution in [3.8, 4) is 0 Å². The molecule has 1 aliphatic carbocycles. The highest BCUT2D eigenvalue weighted by molar-refractivity contribution is 4.87. The highest BCUT2D eigenvalue weighted by Crippen LogP contribution is 2.27. The molecule has 0 amide bonds. The van der Waals surface area contributed by atoms with Gasteiger partial charge < -0.3 is 15.2 Å². The van der Waals surface area contributed by atoms with E-state index < -0.39 is 0 Å². The van der Waals surface area contributed by atoms with Gasteiger partial charge in [-0.3, -0.25) is 4.90 Å². The Morgan fingerprint density at radius 1 is 1.12 bits per heavy atom. The topological polar surface area (TPSA) is 47.7 Å². The molecule has 4 nitrogen and oxygen atoms in total. The molecule has 0 aromatic rings. The lowest BCUT2D eigenvalue weighted by Crippen LogP contribution is -2.30. The molecule has 0 radical (unpaired) electrons. The molecule has 2 rings (SSSR count). The fraction of sp³-hybridized carbons (Fsp3) is 1.00. The Labute approximate surface area is 104 Å². The van der Waals surface area contributed by atoms with Crippen LogP contribution >= 0.6 is 0 Å². The van der Waals surface area contributed by atoms with Gasteiger partial charge in [0.2, 0.25) is 0 Å². The van der Waals surface area contributed by atoms with Gasteiger partial charge in [0, 0.05) is 33.4 Å². The summed E-state index contributed by atoms with van der Waals surface area (Å²) in [7, 11) is 3.54. The van der Waals surface area contributed by atoms with Crippen LogP contribution in [0.3, 0.4) is 0 Å². The molecular weight excluding hydrogens is 216 g/mol. The monoisotopic (exact) mass is 242 g/mol. The third-order valence-corrected chi connectivity index (χ3v) is 4.43. The molecule has 0 spiro atoms. The smallest absolute Gasteiger partial charge is 0.0971 e. The molecule has 17 heavy (non-hydrogen) atoms. The van der Waals surface area contributed by atoms with Gasteiger partial charge >= 0.3 is 0 Å². The van der Waals surface area contributed by atoms with E-state index in [1.807, 2.05) is 0 Å². The Kier molecular flexibility index (Phi) is 4.79. The zero-order valence-electron chi connectivity index (χ0n) is 11.1. The van der Waals surface area contributed by atoms with E-state index in [1.54, 1.807) is 14.2 Å². The average Bonchev–Trinajstić information content (AvgIpc) is 2.92. The highest BCUT2D eigenvalue weighted by atomic mass is 16.5. The molecule has 0 aromatic heterocycles. The van der Waals surface area contributed by atoms with Crippen molar-refractivity contribution in [2.45, 2.75) is 43.9 Å². The van der Waals surface area contributed by atoms with Crippen molar-refractivity contribution in [1.29, 1.82) is 0 Å². The number of methoxy groups -OCH3 is 2. The van der Waals surface area contributed by atoms with Crippen molar-refractivity contribution in [3.05, 3.63) is 0 Å². The van der Waals surface area contributed by atoms with Gasteiger partial charge in [-0.15, -0.1) is 0 Å². The third kappa shape index (κ3) is 3.19. The highest BCUT2D eigenvalue weighted by Gasteiger charge is 2.33. The van der Waals surface area contributed by atoms with Gasteiger partial charge in [0.25, 0.3) is 0 Å². The first kappa shape index (κ1) is 13.3. The Balaban J connectivity index is 1.73. The van der Waals surface area contributed by atoms with Gasteiger partial charge in [-0.1, -0.05) is 6.42 Å². The Hall–Kier alpha value is -0.160. The first-order valence-electron chi connectivity index (χ1n) is 6.78. The van der Waals surface area contributed by atoms with Gasteiger partial charge in [0.1, 0.15) is 0 Å². The van der Waals surface area contributed by atoms with Crippen molar-refractivity contribution >= 4 is 0 Å². The quantitative estimate of drug-likeness (QED) is 0.776. The van der Waals surface area contributed by atoms with E-state index in [2.05, 4.69) is 4.90 Å². The maximum atomic E-state index is 6.10. The molecule has 2 aliphatic rings. The molecule has 1 heterocycles. The van der Waals surface area contributed by atoms with Crippen molar-refractivity contribution in [3.63, 3.8) is 0 Å². The minimum atomic E-state index is 0.234. The predicted molar refractivity (Wildman–Crippen MR) is 68.0 cm³/mol. The van der Waals surface area contributed by atoms with Gasteiger partial charge in [-0.25, -0.2) is 0 Å². The molecule has 2 N–H and O–H groups in total. The first-order valence-corrected chi connectivity index (χ1v) is 6.78. The molecular formula is C13H26N2O2. The van der Waals surface area contributed by atoms with Crippen LogP contribution in [0.15, 0.2) is 0 Å². The molecule has 4 heteroatoms. The zero-order chi connectivity index (χ0) is 12.3. The van der Waals surface area contributed by atoms with E-state index in [4.69, 9.17) is 15.2 Å². The van der Waals surface area contributed by atoms with Gasteiger partial charge in [-0.05, 0) is 31.7 Å². The second kappa shape index (κ2) is 6.14. The number of rotatable bonds is 5. The maximum Gasteiger partial charge on any atom is 0.0971 e. The first-order chi connectivity index (χ1) is 8.24. The molecule has 1 saturated carbocycles. The van der Waals surface area contributed by atoms with Crippen LogP contribution in [0.5, 0.6) is 0 Å². The summed E-state index contributed by atoms with van der Waals surface area (Å²) < 4.78 is 10.9. The molecule has 2 fully saturated rings. The van der Waals surface area contributed by atoms with Crippen LogP contribution in [0, 0.1) is 5.92 Å². The summed E-state index contributed by atoms with van der Waals surface area (Å²) in [6.45, 7) is 3.13. The third-order valence-electron chi connectivity index (χ3n) is 4.43. The van der Waals surface area contributed by atoms with Crippen molar-refractivity contribution < 1.29 is 9.47 Å². The lowest BCUT2D eigenvalue weighted by Gasteiger charge is -2.20. The molecule has 100 valence electrons. The summed E-state index contributed by atoms with van der Waals surface area (Å²) in [4.78, 5) is 2.45. The van der Waals surface area contributed by atoms with Crippen LogP contribution in [0.2, 0.25) is 0 Å². The van der Waals surface area contributed by atoms with Crippen LogP contribution in [0.1, 0.15) is 25.7 Å². The van der Waals surface area contributed by atoms with Crippen LogP contribution < -0.4 is 5.73 Å². The number of nitrogens with two attached hydrogens (primary N) is 1. The molecule has 4 unspecified atom stereocenters. The molecule has 0 bridgehead atoms. The largest absolute Gasteiger partial charge is 0.377 e. The summed E-state index contributed by atoms with van der Waals surface area (Å²) in [6, 6.07) is 0.439. The summed E-state index contributed by atoms with van der Waals surface area (Å²) in [5.41, 5.74) is 6.10.